The van der Waals surface area contributed by atoms with Crippen LogP contribution < -0.4 is 0 Å². The molecule has 0 aromatic carbocycles. The lowest BCUT2D eigenvalue weighted by Crippen LogP contribution is -2.30. The molecule has 0 N–H and O–H groups in total. The summed E-state index contributed by atoms with van der Waals surface area (Å²) in [5.41, 5.74) is 0. The molecule has 0 saturated carbocycles. The first-order valence-electron chi connectivity index (χ1n) is 25.6. The molecule has 0 aromatic heterocycles. The Labute approximate surface area is 382 Å². The zero-order valence-corrected chi connectivity index (χ0v) is 40.4. The molecule has 0 unspecified atom stereocenters. The molecule has 62 heavy (non-hydrogen) atoms. The fraction of sp³-hybridized carbons (Fsp3) is 0.696. The van der Waals surface area contributed by atoms with Crippen LogP contribution in [-0.2, 0) is 28.6 Å². The Balaban J connectivity index is 4.49. The molecular weight excluding hydrogens is 769 g/mol. The maximum atomic E-state index is 12.8. The van der Waals surface area contributed by atoms with Gasteiger partial charge in [0.1, 0.15) is 13.2 Å². The largest absolute Gasteiger partial charge is 0.462 e. The minimum absolute atomic E-state index is 0.0989. The van der Waals surface area contributed by atoms with Crippen LogP contribution in [0.1, 0.15) is 233 Å². The lowest BCUT2D eigenvalue weighted by molar-refractivity contribution is -0.167. The molecule has 0 saturated heterocycles. The van der Waals surface area contributed by atoms with Crippen LogP contribution in [0, 0.1) is 0 Å². The van der Waals surface area contributed by atoms with Crippen LogP contribution >= 0.6 is 0 Å². The van der Waals surface area contributed by atoms with E-state index in [2.05, 4.69) is 106 Å². The number of carbonyl (C=O) groups excluding carboxylic acids is 3. The van der Waals surface area contributed by atoms with E-state index in [1.54, 1.807) is 0 Å². The van der Waals surface area contributed by atoms with Crippen LogP contribution in [0.2, 0.25) is 0 Å². The molecule has 0 aliphatic carbocycles. The first kappa shape index (κ1) is 58.6. The molecule has 0 aromatic rings. The van der Waals surface area contributed by atoms with Crippen molar-refractivity contribution in [2.75, 3.05) is 13.2 Å². The van der Waals surface area contributed by atoms with Crippen molar-refractivity contribution in [3.8, 4) is 0 Å². The third-order valence-electron chi connectivity index (χ3n) is 10.6. The molecule has 0 aliphatic heterocycles. The Morgan fingerprint density at radius 2 is 0.629 bits per heavy atom. The predicted octanol–water partition coefficient (Wildman–Crippen LogP) is 16.8. The van der Waals surface area contributed by atoms with Crippen molar-refractivity contribution in [1.82, 2.24) is 0 Å². The fourth-order valence-corrected chi connectivity index (χ4v) is 6.79. The summed E-state index contributed by atoms with van der Waals surface area (Å²) in [7, 11) is 0. The van der Waals surface area contributed by atoms with Crippen LogP contribution in [0.5, 0.6) is 0 Å². The number of unbranched alkanes of at least 4 members (excludes halogenated alkanes) is 20. The number of ether oxygens (including phenoxy) is 3. The molecule has 354 valence electrons. The lowest BCUT2D eigenvalue weighted by Gasteiger charge is -2.18. The average Bonchev–Trinajstić information content (AvgIpc) is 3.27. The zero-order chi connectivity index (χ0) is 45.1. The van der Waals surface area contributed by atoms with Gasteiger partial charge in [-0.2, -0.15) is 0 Å². The van der Waals surface area contributed by atoms with Crippen molar-refractivity contribution >= 4 is 17.9 Å². The first-order valence-corrected chi connectivity index (χ1v) is 25.6. The van der Waals surface area contributed by atoms with Crippen LogP contribution in [0.15, 0.2) is 85.1 Å². The molecule has 0 heterocycles. The van der Waals surface area contributed by atoms with Crippen molar-refractivity contribution in [2.45, 2.75) is 239 Å². The predicted molar refractivity (Wildman–Crippen MR) is 265 cm³/mol. The Morgan fingerprint density at radius 1 is 0.339 bits per heavy atom. The van der Waals surface area contributed by atoms with E-state index in [0.717, 1.165) is 103 Å². The molecule has 0 fully saturated rings. The highest BCUT2D eigenvalue weighted by Gasteiger charge is 2.19. The summed E-state index contributed by atoms with van der Waals surface area (Å²) in [6.45, 7) is 6.43. The van der Waals surface area contributed by atoms with Crippen LogP contribution in [0.3, 0.4) is 0 Å². The highest BCUT2D eigenvalue weighted by molar-refractivity contribution is 5.71. The molecule has 0 amide bonds. The van der Waals surface area contributed by atoms with Gasteiger partial charge < -0.3 is 14.2 Å². The summed E-state index contributed by atoms with van der Waals surface area (Å²) in [4.78, 5) is 37.9. The molecule has 0 aliphatic rings. The number of esters is 3. The van der Waals surface area contributed by atoms with E-state index >= 15 is 0 Å². The minimum Gasteiger partial charge on any atom is -0.462 e. The summed E-state index contributed by atoms with van der Waals surface area (Å²) in [5, 5.41) is 0. The van der Waals surface area contributed by atoms with Gasteiger partial charge in [-0.05, 0) is 96.3 Å². The van der Waals surface area contributed by atoms with Gasteiger partial charge in [-0.15, -0.1) is 0 Å². The topological polar surface area (TPSA) is 78.9 Å². The van der Waals surface area contributed by atoms with E-state index in [1.807, 2.05) is 0 Å². The number of hydrogen-bond donors (Lipinski definition) is 0. The van der Waals surface area contributed by atoms with E-state index < -0.39 is 6.10 Å². The summed E-state index contributed by atoms with van der Waals surface area (Å²) in [5.74, 6) is -0.963. The monoisotopic (exact) mass is 863 g/mol. The van der Waals surface area contributed by atoms with Crippen LogP contribution in [-0.4, -0.2) is 37.2 Å². The van der Waals surface area contributed by atoms with Crippen molar-refractivity contribution < 1.29 is 28.6 Å². The Kier molecular flexibility index (Phi) is 47.5. The van der Waals surface area contributed by atoms with Gasteiger partial charge in [-0.25, -0.2) is 0 Å². The zero-order valence-electron chi connectivity index (χ0n) is 40.4. The Hall–Kier alpha value is -3.41. The summed E-state index contributed by atoms with van der Waals surface area (Å²) in [6.07, 6.45) is 64.2. The maximum Gasteiger partial charge on any atom is 0.306 e. The minimum atomic E-state index is -0.804. The Morgan fingerprint density at radius 3 is 1.05 bits per heavy atom. The van der Waals surface area contributed by atoms with E-state index in [4.69, 9.17) is 14.2 Å². The third kappa shape index (κ3) is 47.6. The SMILES string of the molecule is CC/C=C\C/C=C\C/C=C\C/C=C\CCCCCCC(=O)OC[C@H](COC(=O)CCCCCCCCCCCCCC)OC(=O)CCCC/C=C\C/C=C\C/C=C\CCCCC. The summed E-state index contributed by atoms with van der Waals surface area (Å²) < 4.78 is 16.7. The smallest absolute Gasteiger partial charge is 0.306 e. The van der Waals surface area contributed by atoms with Gasteiger partial charge in [0.15, 0.2) is 6.10 Å². The molecule has 0 bridgehead atoms. The van der Waals surface area contributed by atoms with Gasteiger partial charge in [0.05, 0.1) is 0 Å². The van der Waals surface area contributed by atoms with Gasteiger partial charge >= 0.3 is 17.9 Å². The highest BCUT2D eigenvalue weighted by atomic mass is 16.6. The third-order valence-corrected chi connectivity index (χ3v) is 10.6. The summed E-state index contributed by atoms with van der Waals surface area (Å²) >= 11 is 0. The molecular formula is C56H94O6. The second kappa shape index (κ2) is 50.2. The summed E-state index contributed by atoms with van der Waals surface area (Å²) in [6, 6.07) is 0. The number of rotatable bonds is 45. The van der Waals surface area contributed by atoms with Crippen LogP contribution in [0.4, 0.5) is 0 Å². The Bertz CT molecular complexity index is 1220. The maximum absolute atomic E-state index is 12.8. The van der Waals surface area contributed by atoms with E-state index in [1.165, 1.54) is 83.5 Å². The van der Waals surface area contributed by atoms with Crippen molar-refractivity contribution in [3.05, 3.63) is 85.1 Å². The van der Waals surface area contributed by atoms with E-state index in [9.17, 15) is 14.4 Å². The number of hydrogen-bond acceptors (Lipinski definition) is 6. The molecule has 0 spiro atoms. The average molecular weight is 863 g/mol. The van der Waals surface area contributed by atoms with Gasteiger partial charge in [0.2, 0.25) is 0 Å². The molecule has 0 radical (unpaired) electrons. The van der Waals surface area contributed by atoms with Gasteiger partial charge in [-0.1, -0.05) is 202 Å². The standard InChI is InChI=1S/C56H94O6/c1-4-7-10-13-16-19-22-25-27-28-30-31-34-37-40-43-46-49-55(58)61-52-53(51-60-54(57)48-45-42-39-36-33-24-21-18-15-12-9-6-3)62-56(59)50-47-44-41-38-35-32-29-26-23-20-17-14-11-8-5-2/h7,10,16-17,19-20,25-27,29-31,35,38,53H,4-6,8-9,11-15,18,21-24,28,32-34,36-37,39-52H2,1-3H3/b10-7-,19-16-,20-17-,27-25-,29-26-,31-30-,38-35-/t53-/m0/s1. The van der Waals surface area contributed by atoms with Gasteiger partial charge in [-0.3, -0.25) is 14.4 Å². The molecule has 6 nitrogen and oxygen atoms in total. The van der Waals surface area contributed by atoms with Crippen molar-refractivity contribution in [2.24, 2.45) is 0 Å². The number of carbonyl (C=O) groups is 3. The molecule has 0 rings (SSSR count). The van der Waals surface area contributed by atoms with Crippen molar-refractivity contribution in [3.63, 3.8) is 0 Å². The highest BCUT2D eigenvalue weighted by Crippen LogP contribution is 2.14. The quantitative estimate of drug-likeness (QED) is 0.0263. The number of allylic oxidation sites excluding steroid dienone is 14. The first-order chi connectivity index (χ1) is 30.5. The molecule has 1 atom stereocenters. The van der Waals surface area contributed by atoms with Crippen molar-refractivity contribution in [1.29, 1.82) is 0 Å². The van der Waals surface area contributed by atoms with E-state index in [-0.39, 0.29) is 37.5 Å². The fourth-order valence-electron chi connectivity index (χ4n) is 6.79. The normalized spacial score (nSPS) is 12.8. The second-order valence-electron chi connectivity index (χ2n) is 16.7. The van der Waals surface area contributed by atoms with Crippen LogP contribution in [0.25, 0.3) is 0 Å². The second-order valence-corrected chi connectivity index (χ2v) is 16.7. The van der Waals surface area contributed by atoms with E-state index in [0.29, 0.717) is 19.3 Å². The molecule has 6 heteroatoms. The van der Waals surface area contributed by atoms with Gasteiger partial charge in [0, 0.05) is 19.3 Å². The van der Waals surface area contributed by atoms with Gasteiger partial charge in [0.25, 0.3) is 0 Å². The lowest BCUT2D eigenvalue weighted by atomic mass is 10.0.